The number of thiocarbonyl (C=S) groups is 1. The minimum Gasteiger partial charge on any atom is -0.457 e. The Hall–Kier alpha value is -2.34. The number of carbonyl (C=O) groups is 1. The largest absolute Gasteiger partial charge is 0.457 e. The molecule has 0 N–H and O–H groups in total. The topological polar surface area (TPSA) is 33.5 Å². The molecular weight excluding hydrogens is 386 g/mol. The van der Waals surface area contributed by atoms with E-state index in [0.717, 1.165) is 11.3 Å². The zero-order chi connectivity index (χ0) is 18.1. The molecule has 1 saturated heterocycles. The molecule has 0 bridgehead atoms. The fraction of sp³-hybridized carbons (Fsp3) is 0. The molecule has 1 aliphatic rings. The third kappa shape index (κ3) is 3.21. The van der Waals surface area contributed by atoms with E-state index in [-0.39, 0.29) is 5.91 Å². The highest BCUT2D eigenvalue weighted by molar-refractivity contribution is 8.27. The predicted octanol–water partition coefficient (Wildman–Crippen LogP) is 6.01. The van der Waals surface area contributed by atoms with Gasteiger partial charge in [-0.3, -0.25) is 9.69 Å². The molecule has 3 aromatic rings. The van der Waals surface area contributed by atoms with Crippen LogP contribution >= 0.6 is 35.6 Å². The summed E-state index contributed by atoms with van der Waals surface area (Å²) < 4.78 is 6.35. The number of hydrogen-bond donors (Lipinski definition) is 0. The monoisotopic (exact) mass is 397 g/mol. The molecule has 0 radical (unpaired) electrons. The maximum absolute atomic E-state index is 12.7. The number of furan rings is 1. The van der Waals surface area contributed by atoms with Gasteiger partial charge in [0.05, 0.1) is 15.6 Å². The van der Waals surface area contributed by atoms with E-state index in [1.165, 1.54) is 16.7 Å². The van der Waals surface area contributed by atoms with Crippen molar-refractivity contribution in [2.24, 2.45) is 0 Å². The Morgan fingerprint density at radius 2 is 1.73 bits per heavy atom. The molecule has 2 heterocycles. The summed E-state index contributed by atoms with van der Waals surface area (Å²) in [5.74, 6) is 1.08. The van der Waals surface area contributed by atoms with Gasteiger partial charge < -0.3 is 4.42 Å². The number of benzene rings is 2. The summed E-state index contributed by atoms with van der Waals surface area (Å²) in [7, 11) is 0. The molecule has 1 aliphatic heterocycles. The number of thioether (sulfide) groups is 1. The summed E-state index contributed by atoms with van der Waals surface area (Å²) in [6.45, 7) is 0. The molecule has 0 atom stereocenters. The molecule has 128 valence electrons. The second-order valence-corrected chi connectivity index (χ2v) is 7.62. The van der Waals surface area contributed by atoms with Gasteiger partial charge in [-0.05, 0) is 36.4 Å². The Labute approximate surface area is 165 Å². The third-order valence-corrected chi connectivity index (χ3v) is 5.48. The predicted molar refractivity (Wildman–Crippen MR) is 111 cm³/mol. The van der Waals surface area contributed by atoms with Crippen molar-refractivity contribution < 1.29 is 9.21 Å². The first-order valence-electron chi connectivity index (χ1n) is 7.81. The average molecular weight is 398 g/mol. The van der Waals surface area contributed by atoms with Crippen LogP contribution in [0, 0.1) is 0 Å². The minimum atomic E-state index is -0.151. The van der Waals surface area contributed by atoms with Crippen LogP contribution in [0.2, 0.25) is 5.02 Å². The smallest absolute Gasteiger partial charge is 0.270 e. The standard InChI is InChI=1S/C20H12ClNO2S2/c21-16-9-5-4-8-15(16)17-11-10-14(24-17)12-18-19(23)22(20(25)26-18)13-6-2-1-3-7-13/h1-12H. The Morgan fingerprint density at radius 1 is 1.00 bits per heavy atom. The number of para-hydroxylation sites is 1. The third-order valence-electron chi connectivity index (χ3n) is 3.85. The van der Waals surface area contributed by atoms with Crippen LogP contribution in [0.1, 0.15) is 5.76 Å². The van der Waals surface area contributed by atoms with E-state index in [4.69, 9.17) is 28.2 Å². The summed E-state index contributed by atoms with van der Waals surface area (Å²) in [4.78, 5) is 14.8. The lowest BCUT2D eigenvalue weighted by molar-refractivity contribution is -0.113. The van der Waals surface area contributed by atoms with Crippen molar-refractivity contribution in [1.29, 1.82) is 0 Å². The van der Waals surface area contributed by atoms with E-state index in [9.17, 15) is 4.79 Å². The second-order valence-electron chi connectivity index (χ2n) is 5.53. The summed E-state index contributed by atoms with van der Waals surface area (Å²) in [6, 6.07) is 20.5. The minimum absolute atomic E-state index is 0.151. The SMILES string of the molecule is O=C1C(=Cc2ccc(-c3ccccc3Cl)o2)SC(=S)N1c1ccccc1. The molecule has 1 aromatic heterocycles. The molecule has 0 saturated carbocycles. The van der Waals surface area contributed by atoms with Crippen LogP contribution in [-0.2, 0) is 4.79 Å². The van der Waals surface area contributed by atoms with E-state index < -0.39 is 0 Å². The van der Waals surface area contributed by atoms with Gasteiger partial charge in [-0.25, -0.2) is 0 Å². The van der Waals surface area contributed by atoms with Crippen molar-refractivity contribution in [2.45, 2.75) is 0 Å². The van der Waals surface area contributed by atoms with Crippen molar-refractivity contribution in [3.8, 4) is 11.3 Å². The molecule has 26 heavy (non-hydrogen) atoms. The summed E-state index contributed by atoms with van der Waals surface area (Å²) in [5.41, 5.74) is 1.57. The van der Waals surface area contributed by atoms with Crippen LogP contribution < -0.4 is 4.90 Å². The lowest BCUT2D eigenvalue weighted by atomic mass is 10.2. The quantitative estimate of drug-likeness (QED) is 0.400. The Morgan fingerprint density at radius 3 is 2.50 bits per heavy atom. The molecule has 1 amide bonds. The van der Waals surface area contributed by atoms with Crippen molar-refractivity contribution >= 4 is 57.6 Å². The lowest BCUT2D eigenvalue weighted by Gasteiger charge is -2.13. The van der Waals surface area contributed by atoms with Crippen LogP contribution in [-0.4, -0.2) is 10.2 Å². The lowest BCUT2D eigenvalue weighted by Crippen LogP contribution is -2.27. The zero-order valence-corrected chi connectivity index (χ0v) is 15.8. The van der Waals surface area contributed by atoms with Crippen molar-refractivity contribution in [3.05, 3.63) is 82.4 Å². The van der Waals surface area contributed by atoms with Crippen molar-refractivity contribution in [2.75, 3.05) is 4.90 Å². The normalized spacial score (nSPS) is 15.9. The second kappa shape index (κ2) is 7.11. The number of halogens is 1. The van der Waals surface area contributed by atoms with Gasteiger partial charge in [0.15, 0.2) is 4.32 Å². The average Bonchev–Trinajstić information content (AvgIpc) is 3.21. The molecule has 2 aromatic carbocycles. The molecule has 0 spiro atoms. The molecule has 4 rings (SSSR count). The number of hydrogen-bond acceptors (Lipinski definition) is 4. The van der Waals surface area contributed by atoms with Gasteiger partial charge in [-0.1, -0.05) is 65.9 Å². The van der Waals surface area contributed by atoms with Gasteiger partial charge in [0, 0.05) is 11.6 Å². The maximum atomic E-state index is 12.7. The van der Waals surface area contributed by atoms with Crippen LogP contribution in [0.3, 0.4) is 0 Å². The highest BCUT2D eigenvalue weighted by atomic mass is 35.5. The van der Waals surface area contributed by atoms with E-state index in [1.54, 1.807) is 6.08 Å². The van der Waals surface area contributed by atoms with E-state index in [2.05, 4.69) is 0 Å². The zero-order valence-electron chi connectivity index (χ0n) is 13.4. The van der Waals surface area contributed by atoms with Gasteiger partial charge in [-0.15, -0.1) is 0 Å². The van der Waals surface area contributed by atoms with E-state index in [0.29, 0.717) is 25.8 Å². The first kappa shape index (κ1) is 17.1. The van der Waals surface area contributed by atoms with Crippen LogP contribution in [0.5, 0.6) is 0 Å². The molecule has 0 unspecified atom stereocenters. The number of rotatable bonds is 3. The van der Waals surface area contributed by atoms with Gasteiger partial charge in [0.25, 0.3) is 5.91 Å². The molecule has 0 aliphatic carbocycles. The van der Waals surface area contributed by atoms with Gasteiger partial charge >= 0.3 is 0 Å². The maximum Gasteiger partial charge on any atom is 0.270 e. The Balaban J connectivity index is 1.63. The first-order chi connectivity index (χ1) is 12.6. The fourth-order valence-corrected chi connectivity index (χ4v) is 4.14. The highest BCUT2D eigenvalue weighted by Gasteiger charge is 2.33. The van der Waals surface area contributed by atoms with Gasteiger partial charge in [-0.2, -0.15) is 0 Å². The highest BCUT2D eigenvalue weighted by Crippen LogP contribution is 2.37. The number of amides is 1. The van der Waals surface area contributed by atoms with Crippen LogP contribution in [0.15, 0.2) is 76.1 Å². The molecule has 6 heteroatoms. The van der Waals surface area contributed by atoms with Crippen molar-refractivity contribution in [3.63, 3.8) is 0 Å². The van der Waals surface area contributed by atoms with Crippen LogP contribution in [0.25, 0.3) is 17.4 Å². The van der Waals surface area contributed by atoms with Crippen molar-refractivity contribution in [1.82, 2.24) is 0 Å². The Kier molecular flexibility index (Phi) is 4.68. The fourth-order valence-electron chi connectivity index (χ4n) is 2.63. The van der Waals surface area contributed by atoms with E-state index in [1.807, 2.05) is 66.7 Å². The first-order valence-corrected chi connectivity index (χ1v) is 9.41. The number of anilines is 1. The molecule has 1 fully saturated rings. The number of nitrogens with zero attached hydrogens (tertiary/aromatic N) is 1. The summed E-state index contributed by atoms with van der Waals surface area (Å²) >= 11 is 12.8. The van der Waals surface area contributed by atoms with E-state index >= 15 is 0 Å². The molecular formula is C20H12ClNO2S2. The number of carbonyl (C=O) groups excluding carboxylic acids is 1. The molecule has 3 nitrogen and oxygen atoms in total. The Bertz CT molecular complexity index is 1030. The van der Waals surface area contributed by atoms with Gasteiger partial charge in [0.1, 0.15) is 11.5 Å². The van der Waals surface area contributed by atoms with Crippen LogP contribution in [0.4, 0.5) is 5.69 Å². The van der Waals surface area contributed by atoms with Gasteiger partial charge in [0.2, 0.25) is 0 Å². The summed E-state index contributed by atoms with van der Waals surface area (Å²) in [6.07, 6.45) is 1.71. The summed E-state index contributed by atoms with van der Waals surface area (Å²) in [5, 5.41) is 0.615.